The number of rotatable bonds is 5. The molecule has 2 aromatic rings. The molecule has 118 valence electrons. The highest BCUT2D eigenvalue weighted by molar-refractivity contribution is 7.09. The third-order valence-electron chi connectivity index (χ3n) is 3.20. The second kappa shape index (κ2) is 7.89. The van der Waals surface area contributed by atoms with Crippen LogP contribution in [0.2, 0.25) is 0 Å². The minimum absolute atomic E-state index is 0.216. The van der Waals surface area contributed by atoms with E-state index in [4.69, 9.17) is 0 Å². The van der Waals surface area contributed by atoms with E-state index in [2.05, 4.69) is 39.8 Å². The van der Waals surface area contributed by atoms with E-state index in [1.54, 1.807) is 30.5 Å². The summed E-state index contributed by atoms with van der Waals surface area (Å²) >= 11 is 1.63. The Morgan fingerprint density at radius 1 is 1.27 bits per heavy atom. The van der Waals surface area contributed by atoms with Crippen LogP contribution in [0.25, 0.3) is 0 Å². The molecule has 0 aliphatic heterocycles. The van der Waals surface area contributed by atoms with Crippen molar-refractivity contribution < 1.29 is 4.39 Å². The smallest absolute Gasteiger partial charge is 0.191 e. The van der Waals surface area contributed by atoms with Crippen LogP contribution in [-0.2, 0) is 13.1 Å². The largest absolute Gasteiger partial charge is 0.352 e. The van der Waals surface area contributed by atoms with Crippen molar-refractivity contribution in [2.75, 3.05) is 7.05 Å². The molecule has 0 atom stereocenters. The van der Waals surface area contributed by atoms with Gasteiger partial charge in [-0.25, -0.2) is 9.37 Å². The van der Waals surface area contributed by atoms with Crippen molar-refractivity contribution in [1.82, 2.24) is 15.6 Å². The predicted molar refractivity (Wildman–Crippen MR) is 89.6 cm³/mol. The maximum absolute atomic E-state index is 13.6. The first-order valence-electron chi connectivity index (χ1n) is 7.22. The van der Waals surface area contributed by atoms with Gasteiger partial charge in [0.25, 0.3) is 0 Å². The van der Waals surface area contributed by atoms with Crippen molar-refractivity contribution in [2.24, 2.45) is 4.99 Å². The molecule has 0 unspecified atom stereocenters. The molecule has 0 saturated heterocycles. The Balaban J connectivity index is 1.86. The van der Waals surface area contributed by atoms with Crippen molar-refractivity contribution in [2.45, 2.75) is 32.9 Å². The van der Waals surface area contributed by atoms with E-state index in [9.17, 15) is 4.39 Å². The average Bonchev–Trinajstić information content (AvgIpc) is 2.98. The van der Waals surface area contributed by atoms with E-state index in [1.807, 2.05) is 6.07 Å². The van der Waals surface area contributed by atoms with Crippen LogP contribution < -0.4 is 10.6 Å². The zero-order valence-electron chi connectivity index (χ0n) is 13.1. The van der Waals surface area contributed by atoms with Crippen molar-refractivity contribution in [3.05, 3.63) is 51.7 Å². The van der Waals surface area contributed by atoms with Crippen LogP contribution in [0.1, 0.15) is 36.0 Å². The lowest BCUT2D eigenvalue weighted by molar-refractivity contribution is 0.604. The van der Waals surface area contributed by atoms with Gasteiger partial charge in [-0.2, -0.15) is 0 Å². The summed E-state index contributed by atoms with van der Waals surface area (Å²) in [5.41, 5.74) is 1.72. The molecule has 0 bridgehead atoms. The van der Waals surface area contributed by atoms with E-state index < -0.39 is 0 Å². The molecule has 0 spiro atoms. The SMILES string of the molecule is CN=C(NCc1nc(C(C)C)cs1)NCc1ccccc1F. The Bertz CT molecular complexity index is 637. The first-order valence-corrected chi connectivity index (χ1v) is 8.10. The van der Waals surface area contributed by atoms with Gasteiger partial charge < -0.3 is 10.6 Å². The number of thiazole rings is 1. The van der Waals surface area contributed by atoms with Crippen LogP contribution in [0, 0.1) is 5.82 Å². The Labute approximate surface area is 134 Å². The molecule has 2 N–H and O–H groups in total. The number of benzene rings is 1. The van der Waals surface area contributed by atoms with Crippen molar-refractivity contribution in [1.29, 1.82) is 0 Å². The molecule has 4 nitrogen and oxygen atoms in total. The summed E-state index contributed by atoms with van der Waals surface area (Å²) in [4.78, 5) is 8.70. The minimum Gasteiger partial charge on any atom is -0.352 e. The van der Waals surface area contributed by atoms with Gasteiger partial charge in [0.15, 0.2) is 5.96 Å². The summed E-state index contributed by atoms with van der Waals surface area (Å²) in [6, 6.07) is 6.71. The number of nitrogens with one attached hydrogen (secondary N) is 2. The van der Waals surface area contributed by atoms with Crippen LogP contribution in [0.5, 0.6) is 0 Å². The number of aromatic nitrogens is 1. The second-order valence-corrected chi connectivity index (χ2v) is 6.13. The van der Waals surface area contributed by atoms with Gasteiger partial charge in [0.1, 0.15) is 10.8 Å². The van der Waals surface area contributed by atoms with Gasteiger partial charge >= 0.3 is 0 Å². The molecular formula is C16H21FN4S. The van der Waals surface area contributed by atoms with E-state index in [0.717, 1.165) is 10.7 Å². The van der Waals surface area contributed by atoms with Crippen LogP contribution in [0.4, 0.5) is 4.39 Å². The molecule has 0 aliphatic rings. The van der Waals surface area contributed by atoms with E-state index in [1.165, 1.54) is 6.07 Å². The van der Waals surface area contributed by atoms with Crippen molar-refractivity contribution in [3.63, 3.8) is 0 Å². The van der Waals surface area contributed by atoms with Gasteiger partial charge in [-0.1, -0.05) is 32.0 Å². The van der Waals surface area contributed by atoms with Gasteiger partial charge in [-0.3, -0.25) is 4.99 Å². The summed E-state index contributed by atoms with van der Waals surface area (Å²) in [7, 11) is 1.69. The Morgan fingerprint density at radius 2 is 2.00 bits per heavy atom. The molecule has 0 amide bonds. The van der Waals surface area contributed by atoms with Gasteiger partial charge in [0, 0.05) is 24.5 Å². The first-order chi connectivity index (χ1) is 10.6. The Kier molecular flexibility index (Phi) is 5.89. The standard InChI is InChI=1S/C16H21FN4S/c1-11(2)14-10-22-15(21-14)9-20-16(18-3)19-8-12-6-4-5-7-13(12)17/h4-7,10-11H,8-9H2,1-3H3,(H2,18,19,20). The summed E-state index contributed by atoms with van der Waals surface area (Å²) in [5, 5.41) is 9.39. The lowest BCUT2D eigenvalue weighted by atomic mass is 10.2. The average molecular weight is 320 g/mol. The highest BCUT2D eigenvalue weighted by atomic mass is 32.1. The minimum atomic E-state index is -0.216. The van der Waals surface area contributed by atoms with Crippen LogP contribution in [-0.4, -0.2) is 18.0 Å². The van der Waals surface area contributed by atoms with Gasteiger partial charge in [0.2, 0.25) is 0 Å². The predicted octanol–water partition coefficient (Wildman–Crippen LogP) is 3.27. The number of guanidine groups is 1. The van der Waals surface area contributed by atoms with Crippen LogP contribution in [0.15, 0.2) is 34.6 Å². The molecule has 1 aromatic heterocycles. The first kappa shape index (κ1) is 16.4. The fourth-order valence-corrected chi connectivity index (χ4v) is 2.77. The highest BCUT2D eigenvalue weighted by Gasteiger charge is 2.07. The molecule has 2 rings (SSSR count). The number of hydrogen-bond donors (Lipinski definition) is 2. The zero-order chi connectivity index (χ0) is 15.9. The summed E-state index contributed by atoms with van der Waals surface area (Å²) < 4.78 is 13.6. The Morgan fingerprint density at radius 3 is 2.64 bits per heavy atom. The topological polar surface area (TPSA) is 49.3 Å². The second-order valence-electron chi connectivity index (χ2n) is 5.19. The van der Waals surface area contributed by atoms with Gasteiger partial charge in [-0.05, 0) is 12.0 Å². The molecule has 22 heavy (non-hydrogen) atoms. The third-order valence-corrected chi connectivity index (χ3v) is 4.06. The maximum atomic E-state index is 13.6. The molecule has 6 heteroatoms. The summed E-state index contributed by atoms with van der Waals surface area (Å²) in [5.74, 6) is 0.847. The van der Waals surface area contributed by atoms with Crippen molar-refractivity contribution >= 4 is 17.3 Å². The molecule has 1 heterocycles. The quantitative estimate of drug-likeness (QED) is 0.657. The lowest BCUT2D eigenvalue weighted by Gasteiger charge is -2.11. The number of nitrogens with zero attached hydrogens (tertiary/aromatic N) is 2. The summed E-state index contributed by atoms with van der Waals surface area (Å²) in [6.07, 6.45) is 0. The zero-order valence-corrected chi connectivity index (χ0v) is 13.9. The molecular weight excluding hydrogens is 299 g/mol. The molecule has 0 aliphatic carbocycles. The summed E-state index contributed by atoms with van der Waals surface area (Å²) in [6.45, 7) is 5.25. The van der Waals surface area contributed by atoms with Gasteiger partial charge in [0.05, 0.1) is 12.2 Å². The molecule has 1 aromatic carbocycles. The van der Waals surface area contributed by atoms with Gasteiger partial charge in [-0.15, -0.1) is 11.3 Å². The fourth-order valence-electron chi connectivity index (χ4n) is 1.87. The van der Waals surface area contributed by atoms with Crippen molar-refractivity contribution in [3.8, 4) is 0 Å². The maximum Gasteiger partial charge on any atom is 0.191 e. The molecule has 0 saturated carbocycles. The molecule has 0 fully saturated rings. The monoisotopic (exact) mass is 320 g/mol. The fraction of sp³-hybridized carbons (Fsp3) is 0.375. The van der Waals surface area contributed by atoms with E-state index in [-0.39, 0.29) is 5.82 Å². The van der Waals surface area contributed by atoms with E-state index in [0.29, 0.717) is 30.5 Å². The Hall–Kier alpha value is -1.95. The van der Waals surface area contributed by atoms with Crippen LogP contribution >= 0.6 is 11.3 Å². The number of hydrogen-bond acceptors (Lipinski definition) is 3. The number of halogens is 1. The lowest BCUT2D eigenvalue weighted by Crippen LogP contribution is -2.36. The van der Waals surface area contributed by atoms with E-state index >= 15 is 0 Å². The highest BCUT2D eigenvalue weighted by Crippen LogP contribution is 2.17. The third kappa shape index (κ3) is 4.53. The molecule has 0 radical (unpaired) electrons. The number of aliphatic imine (C=N–C) groups is 1. The van der Waals surface area contributed by atoms with Crippen LogP contribution in [0.3, 0.4) is 0 Å². The normalized spacial score (nSPS) is 11.8.